The van der Waals surface area contributed by atoms with Crippen LogP contribution < -0.4 is 10.4 Å². The Morgan fingerprint density at radius 3 is 1.91 bits per heavy atom. The van der Waals surface area contributed by atoms with Crippen LogP contribution in [0.4, 0.5) is 0 Å². The van der Waals surface area contributed by atoms with Crippen molar-refractivity contribution in [3.63, 3.8) is 0 Å². The van der Waals surface area contributed by atoms with Gasteiger partial charge >= 0.3 is 5.97 Å². The van der Waals surface area contributed by atoms with Crippen LogP contribution in [-0.2, 0) is 9.53 Å². The number of rotatable bonds is 6. The molecule has 0 aliphatic rings. The Bertz CT molecular complexity index is 651. The lowest BCUT2D eigenvalue weighted by atomic mass is 10.4. The van der Waals surface area contributed by atoms with E-state index < -0.39 is 8.07 Å². The molecule has 0 fully saturated rings. The summed E-state index contributed by atoms with van der Waals surface area (Å²) in [5.74, 6) is -0.324. The highest BCUT2D eigenvalue weighted by Gasteiger charge is 2.34. The molecule has 0 amide bonds. The van der Waals surface area contributed by atoms with Crippen LogP contribution in [0.3, 0.4) is 0 Å². The maximum Gasteiger partial charge on any atom is 0.329 e. The molecule has 23 heavy (non-hydrogen) atoms. The molecule has 0 saturated carbocycles. The molecular formula is C20H22O2Si. The third-order valence-corrected chi connectivity index (χ3v) is 8.49. The second-order valence-corrected chi connectivity index (χ2v) is 9.48. The summed E-state index contributed by atoms with van der Waals surface area (Å²) < 4.78 is 4.80. The molecular weight excluding hydrogens is 300 g/mol. The molecule has 0 saturated heterocycles. The highest BCUT2D eigenvalue weighted by atomic mass is 28.3. The number of hydrogen-bond acceptors (Lipinski definition) is 2. The minimum absolute atomic E-state index is 0.324. The Hall–Kier alpha value is -2.39. The monoisotopic (exact) mass is 322 g/mol. The van der Waals surface area contributed by atoms with Gasteiger partial charge < -0.3 is 4.74 Å². The van der Waals surface area contributed by atoms with Gasteiger partial charge in [0.1, 0.15) is 8.07 Å². The quantitative estimate of drug-likeness (QED) is 0.353. The summed E-state index contributed by atoms with van der Waals surface area (Å²) in [5, 5.41) is 2.52. The second kappa shape index (κ2) is 7.74. The molecule has 0 radical (unpaired) electrons. The second-order valence-electron chi connectivity index (χ2n) is 5.69. The average molecular weight is 322 g/mol. The fraction of sp³-hybridized carbons (Fsp3) is 0.150. The number of ether oxygens (including phenoxy) is 1. The smallest absolute Gasteiger partial charge is 0.329 e. The summed E-state index contributed by atoms with van der Waals surface area (Å²) in [4.78, 5) is 11.7. The number of esters is 1. The van der Waals surface area contributed by atoms with Gasteiger partial charge in [0.15, 0.2) is 0 Å². The third kappa shape index (κ3) is 4.08. The standard InChI is InChI=1S/C20H22O2Si/c1-17(2)16-23(15-14-20(21)22-3,18-10-6-4-7-11-18)19-12-8-5-9-13-19/h4-15H,1,16H2,2-3H3/b15-14+. The Kier molecular flexibility index (Phi) is 5.71. The normalized spacial score (nSPS) is 11.4. The molecule has 2 rings (SSSR count). The summed E-state index contributed by atoms with van der Waals surface area (Å²) in [6.45, 7) is 6.16. The maximum atomic E-state index is 11.7. The Morgan fingerprint density at radius 2 is 1.52 bits per heavy atom. The zero-order chi connectivity index (χ0) is 16.7. The van der Waals surface area contributed by atoms with E-state index in [0.29, 0.717) is 0 Å². The Morgan fingerprint density at radius 1 is 1.04 bits per heavy atom. The molecule has 0 N–H and O–H groups in total. The van der Waals surface area contributed by atoms with Gasteiger partial charge in [-0.25, -0.2) is 4.79 Å². The molecule has 0 atom stereocenters. The van der Waals surface area contributed by atoms with Crippen LogP contribution in [0.5, 0.6) is 0 Å². The van der Waals surface area contributed by atoms with Crippen LogP contribution >= 0.6 is 0 Å². The van der Waals surface area contributed by atoms with Crippen LogP contribution in [0.15, 0.2) is 84.6 Å². The van der Waals surface area contributed by atoms with E-state index in [1.54, 1.807) is 6.08 Å². The minimum atomic E-state index is -2.27. The first-order valence-electron chi connectivity index (χ1n) is 7.61. The third-order valence-electron chi connectivity index (χ3n) is 3.86. The van der Waals surface area contributed by atoms with Crippen LogP contribution in [0.25, 0.3) is 0 Å². The number of allylic oxidation sites excluding steroid dienone is 1. The molecule has 0 aliphatic carbocycles. The van der Waals surface area contributed by atoms with Crippen LogP contribution in [0.1, 0.15) is 6.92 Å². The van der Waals surface area contributed by atoms with E-state index in [9.17, 15) is 4.79 Å². The van der Waals surface area contributed by atoms with Crippen molar-refractivity contribution < 1.29 is 9.53 Å². The maximum absolute atomic E-state index is 11.7. The zero-order valence-electron chi connectivity index (χ0n) is 13.7. The van der Waals surface area contributed by atoms with Gasteiger partial charge in [-0.2, -0.15) is 0 Å². The summed E-state index contributed by atoms with van der Waals surface area (Å²) in [7, 11) is -0.868. The molecule has 2 nitrogen and oxygen atoms in total. The van der Waals surface area contributed by atoms with Crippen molar-refractivity contribution in [1.29, 1.82) is 0 Å². The topological polar surface area (TPSA) is 26.3 Å². The van der Waals surface area contributed by atoms with E-state index in [4.69, 9.17) is 4.74 Å². The zero-order valence-corrected chi connectivity index (χ0v) is 14.7. The lowest BCUT2D eigenvalue weighted by molar-refractivity contribution is -0.134. The first-order valence-corrected chi connectivity index (χ1v) is 9.89. The van der Waals surface area contributed by atoms with Crippen molar-refractivity contribution in [2.24, 2.45) is 0 Å². The Labute approximate surface area is 139 Å². The first kappa shape index (κ1) is 17.0. The van der Waals surface area contributed by atoms with Gasteiger partial charge in [0.25, 0.3) is 0 Å². The van der Waals surface area contributed by atoms with Crippen LogP contribution in [0.2, 0.25) is 6.04 Å². The Balaban J connectivity index is 2.65. The van der Waals surface area contributed by atoms with Crippen molar-refractivity contribution in [2.45, 2.75) is 13.0 Å². The van der Waals surface area contributed by atoms with Crippen molar-refractivity contribution in [3.05, 3.63) is 84.6 Å². The largest absolute Gasteiger partial charge is 0.466 e. The number of benzene rings is 2. The molecule has 0 unspecified atom stereocenters. The van der Waals surface area contributed by atoms with Crippen LogP contribution in [0, 0.1) is 0 Å². The molecule has 118 valence electrons. The molecule has 2 aromatic carbocycles. The van der Waals surface area contributed by atoms with Crippen molar-refractivity contribution in [2.75, 3.05) is 7.11 Å². The molecule has 0 heterocycles. The number of methoxy groups -OCH3 is 1. The molecule has 2 aromatic rings. The van der Waals surface area contributed by atoms with E-state index in [1.807, 2.05) is 43.3 Å². The molecule has 0 spiro atoms. The SMILES string of the molecule is C=C(C)C[Si](/C=C/C(=O)OC)(c1ccccc1)c1ccccc1. The van der Waals surface area contributed by atoms with Gasteiger partial charge in [0, 0.05) is 6.08 Å². The molecule has 3 heteroatoms. The molecule has 0 aromatic heterocycles. The van der Waals surface area contributed by atoms with Gasteiger partial charge in [0.2, 0.25) is 0 Å². The van der Waals surface area contributed by atoms with E-state index in [0.717, 1.165) is 11.6 Å². The lowest BCUT2D eigenvalue weighted by Gasteiger charge is -2.30. The minimum Gasteiger partial charge on any atom is -0.466 e. The van der Waals surface area contributed by atoms with E-state index in [1.165, 1.54) is 17.5 Å². The van der Waals surface area contributed by atoms with Gasteiger partial charge in [0.05, 0.1) is 7.11 Å². The fourth-order valence-corrected chi connectivity index (χ4v) is 7.04. The molecule has 0 bridgehead atoms. The van der Waals surface area contributed by atoms with Crippen molar-refractivity contribution in [1.82, 2.24) is 0 Å². The van der Waals surface area contributed by atoms with Crippen molar-refractivity contribution in [3.8, 4) is 0 Å². The highest BCUT2D eigenvalue weighted by molar-refractivity contribution is 7.06. The van der Waals surface area contributed by atoms with Crippen LogP contribution in [-0.4, -0.2) is 21.2 Å². The number of carbonyl (C=O) groups excluding carboxylic acids is 1. The van der Waals surface area contributed by atoms with E-state index >= 15 is 0 Å². The summed E-state index contributed by atoms with van der Waals surface area (Å²) >= 11 is 0. The van der Waals surface area contributed by atoms with E-state index in [-0.39, 0.29) is 5.97 Å². The number of carbonyl (C=O) groups is 1. The van der Waals surface area contributed by atoms with E-state index in [2.05, 4.69) is 36.5 Å². The summed E-state index contributed by atoms with van der Waals surface area (Å²) in [6, 6.07) is 21.6. The average Bonchev–Trinajstić information content (AvgIpc) is 2.59. The van der Waals surface area contributed by atoms with Gasteiger partial charge in [-0.1, -0.05) is 71.9 Å². The van der Waals surface area contributed by atoms with Gasteiger partial charge in [-0.15, -0.1) is 6.58 Å². The molecule has 0 aliphatic heterocycles. The highest BCUT2D eigenvalue weighted by Crippen LogP contribution is 2.18. The summed E-state index contributed by atoms with van der Waals surface area (Å²) in [6.07, 6.45) is 1.56. The predicted octanol–water partition coefficient (Wildman–Crippen LogP) is 3.09. The number of hydrogen-bond donors (Lipinski definition) is 0. The first-order chi connectivity index (χ1) is 11.1. The predicted molar refractivity (Wildman–Crippen MR) is 98.7 cm³/mol. The van der Waals surface area contributed by atoms with Gasteiger partial charge in [-0.3, -0.25) is 0 Å². The van der Waals surface area contributed by atoms with Gasteiger partial charge in [-0.05, 0) is 23.3 Å². The summed E-state index contributed by atoms with van der Waals surface area (Å²) in [5.41, 5.74) is 3.18. The fourth-order valence-electron chi connectivity index (χ4n) is 2.85. The lowest BCUT2D eigenvalue weighted by Crippen LogP contribution is -2.57. The van der Waals surface area contributed by atoms with Crippen molar-refractivity contribution >= 4 is 24.4 Å².